The van der Waals surface area contributed by atoms with Crippen molar-refractivity contribution >= 4 is 0 Å². The summed E-state index contributed by atoms with van der Waals surface area (Å²) >= 11 is 0. The molecule has 0 fully saturated rings. The Hall–Kier alpha value is -2.08. The standard InChI is InChI=1S/C15H17F2N3O/c1-9(2)7-18-8-11-6-14(21)20-15(19-11)10-3-4-12(16)13(17)5-10/h3-6,9,18H,7-8H2,1-2H3,(H,19,20,21). The normalized spacial score (nSPS) is 11.1. The molecule has 0 amide bonds. The van der Waals surface area contributed by atoms with Gasteiger partial charge in [0.1, 0.15) is 5.82 Å². The summed E-state index contributed by atoms with van der Waals surface area (Å²) < 4.78 is 26.2. The molecule has 0 unspecified atom stereocenters. The average Bonchev–Trinajstić information content (AvgIpc) is 2.41. The second-order valence-corrected chi connectivity index (χ2v) is 5.24. The number of aromatic amines is 1. The van der Waals surface area contributed by atoms with Crippen LogP contribution in [-0.4, -0.2) is 16.5 Å². The van der Waals surface area contributed by atoms with Gasteiger partial charge < -0.3 is 10.3 Å². The van der Waals surface area contributed by atoms with Crippen LogP contribution in [0.1, 0.15) is 19.5 Å². The van der Waals surface area contributed by atoms with E-state index in [-0.39, 0.29) is 11.4 Å². The summed E-state index contributed by atoms with van der Waals surface area (Å²) in [5.41, 5.74) is 0.557. The molecule has 0 saturated heterocycles. The molecule has 0 atom stereocenters. The predicted octanol–water partition coefficient (Wildman–Crippen LogP) is 2.46. The van der Waals surface area contributed by atoms with Crippen molar-refractivity contribution in [3.05, 3.63) is 51.9 Å². The maximum Gasteiger partial charge on any atom is 0.251 e. The molecule has 0 bridgehead atoms. The first-order valence-corrected chi connectivity index (χ1v) is 6.72. The van der Waals surface area contributed by atoms with Crippen LogP contribution in [0.5, 0.6) is 0 Å². The van der Waals surface area contributed by atoms with Gasteiger partial charge in [0.25, 0.3) is 5.56 Å². The van der Waals surface area contributed by atoms with E-state index in [9.17, 15) is 13.6 Å². The van der Waals surface area contributed by atoms with Crippen molar-refractivity contribution in [3.63, 3.8) is 0 Å². The Bertz CT molecular complexity index is 683. The van der Waals surface area contributed by atoms with E-state index in [0.29, 0.717) is 23.7 Å². The molecule has 4 nitrogen and oxygen atoms in total. The van der Waals surface area contributed by atoms with Crippen LogP contribution in [0.15, 0.2) is 29.1 Å². The molecular weight excluding hydrogens is 276 g/mol. The first kappa shape index (κ1) is 15.3. The van der Waals surface area contributed by atoms with Gasteiger partial charge in [0, 0.05) is 18.2 Å². The predicted molar refractivity (Wildman–Crippen MR) is 76.8 cm³/mol. The first-order chi connectivity index (χ1) is 9.95. The average molecular weight is 293 g/mol. The lowest BCUT2D eigenvalue weighted by molar-refractivity contribution is 0.509. The highest BCUT2D eigenvalue weighted by Gasteiger charge is 2.08. The number of aromatic nitrogens is 2. The number of nitrogens with one attached hydrogen (secondary N) is 2. The van der Waals surface area contributed by atoms with E-state index >= 15 is 0 Å². The fourth-order valence-electron chi connectivity index (χ4n) is 1.87. The minimum absolute atomic E-state index is 0.225. The minimum Gasteiger partial charge on any atom is -0.311 e. The quantitative estimate of drug-likeness (QED) is 0.890. The maximum absolute atomic E-state index is 13.3. The zero-order chi connectivity index (χ0) is 15.4. The molecule has 0 aliphatic rings. The van der Waals surface area contributed by atoms with Gasteiger partial charge in [-0.2, -0.15) is 0 Å². The van der Waals surface area contributed by atoms with Crippen LogP contribution >= 0.6 is 0 Å². The van der Waals surface area contributed by atoms with Gasteiger partial charge in [-0.1, -0.05) is 13.8 Å². The van der Waals surface area contributed by atoms with Crippen molar-refractivity contribution in [1.29, 1.82) is 0 Å². The fraction of sp³-hybridized carbons (Fsp3) is 0.333. The topological polar surface area (TPSA) is 57.8 Å². The maximum atomic E-state index is 13.3. The molecule has 0 spiro atoms. The molecule has 0 radical (unpaired) electrons. The highest BCUT2D eigenvalue weighted by Crippen LogP contribution is 2.17. The molecule has 1 aromatic heterocycles. The van der Waals surface area contributed by atoms with Crippen molar-refractivity contribution in [2.75, 3.05) is 6.54 Å². The van der Waals surface area contributed by atoms with Gasteiger partial charge in [0.05, 0.1) is 5.69 Å². The molecule has 2 aromatic rings. The first-order valence-electron chi connectivity index (χ1n) is 6.72. The Morgan fingerprint density at radius 2 is 2.00 bits per heavy atom. The van der Waals surface area contributed by atoms with E-state index in [1.807, 2.05) is 0 Å². The smallest absolute Gasteiger partial charge is 0.251 e. The van der Waals surface area contributed by atoms with Gasteiger partial charge in [-0.15, -0.1) is 0 Å². The SMILES string of the molecule is CC(C)CNCc1cc(=O)[nH]c(-c2ccc(F)c(F)c2)n1. The molecule has 1 heterocycles. The molecule has 112 valence electrons. The van der Waals surface area contributed by atoms with Crippen molar-refractivity contribution in [2.24, 2.45) is 5.92 Å². The number of benzene rings is 1. The second-order valence-electron chi connectivity index (χ2n) is 5.24. The summed E-state index contributed by atoms with van der Waals surface area (Å²) in [5, 5.41) is 3.18. The van der Waals surface area contributed by atoms with Crippen molar-refractivity contribution in [2.45, 2.75) is 20.4 Å². The molecule has 0 aliphatic carbocycles. The number of nitrogens with zero attached hydrogens (tertiary/aromatic N) is 1. The van der Waals surface area contributed by atoms with Crippen molar-refractivity contribution in [1.82, 2.24) is 15.3 Å². The van der Waals surface area contributed by atoms with E-state index in [1.54, 1.807) is 0 Å². The third-order valence-electron chi connectivity index (χ3n) is 2.85. The molecule has 6 heteroatoms. The van der Waals surface area contributed by atoms with Crippen LogP contribution in [0.3, 0.4) is 0 Å². The number of H-pyrrole nitrogens is 1. The zero-order valence-electron chi connectivity index (χ0n) is 11.9. The Kier molecular flexibility index (Phi) is 4.80. The monoisotopic (exact) mass is 293 g/mol. The third-order valence-corrected chi connectivity index (χ3v) is 2.85. The van der Waals surface area contributed by atoms with Crippen molar-refractivity contribution < 1.29 is 8.78 Å². The lowest BCUT2D eigenvalue weighted by Crippen LogP contribution is -2.21. The van der Waals surface area contributed by atoms with Gasteiger partial charge in [0.15, 0.2) is 11.6 Å². The van der Waals surface area contributed by atoms with Crippen molar-refractivity contribution in [3.8, 4) is 11.4 Å². The highest BCUT2D eigenvalue weighted by molar-refractivity contribution is 5.54. The van der Waals surface area contributed by atoms with Crippen LogP contribution < -0.4 is 10.9 Å². The van der Waals surface area contributed by atoms with Crippen LogP contribution in [0.25, 0.3) is 11.4 Å². The van der Waals surface area contributed by atoms with Crippen LogP contribution in [0.2, 0.25) is 0 Å². The summed E-state index contributed by atoms with van der Waals surface area (Å²) in [4.78, 5) is 18.4. The highest BCUT2D eigenvalue weighted by atomic mass is 19.2. The van der Waals surface area contributed by atoms with Gasteiger partial charge in [-0.25, -0.2) is 13.8 Å². The second kappa shape index (κ2) is 6.58. The summed E-state index contributed by atoms with van der Waals surface area (Å²) in [5.74, 6) is -1.20. The lowest BCUT2D eigenvalue weighted by Gasteiger charge is -2.08. The molecule has 21 heavy (non-hydrogen) atoms. The minimum atomic E-state index is -0.974. The van der Waals surface area contributed by atoms with Crippen LogP contribution in [0.4, 0.5) is 8.78 Å². The summed E-state index contributed by atoms with van der Waals surface area (Å²) in [6, 6.07) is 4.78. The summed E-state index contributed by atoms with van der Waals surface area (Å²) in [6.45, 7) is 5.39. The largest absolute Gasteiger partial charge is 0.311 e. The summed E-state index contributed by atoms with van der Waals surface area (Å²) in [6.07, 6.45) is 0. The summed E-state index contributed by atoms with van der Waals surface area (Å²) in [7, 11) is 0. The Morgan fingerprint density at radius 1 is 1.24 bits per heavy atom. The Morgan fingerprint density at radius 3 is 2.67 bits per heavy atom. The Balaban J connectivity index is 2.25. The fourth-order valence-corrected chi connectivity index (χ4v) is 1.87. The number of hydrogen-bond acceptors (Lipinski definition) is 3. The van der Waals surface area contributed by atoms with Crippen LogP contribution in [0, 0.1) is 17.6 Å². The molecule has 0 saturated carbocycles. The molecule has 2 N–H and O–H groups in total. The van der Waals surface area contributed by atoms with E-state index < -0.39 is 11.6 Å². The van der Waals surface area contributed by atoms with E-state index in [0.717, 1.165) is 18.7 Å². The lowest BCUT2D eigenvalue weighted by atomic mass is 10.2. The Labute approximate surface area is 121 Å². The van der Waals surface area contributed by atoms with E-state index in [4.69, 9.17) is 0 Å². The third kappa shape index (κ3) is 4.19. The molecular formula is C15H17F2N3O. The molecule has 0 aliphatic heterocycles. The molecule has 1 aromatic carbocycles. The van der Waals surface area contributed by atoms with Gasteiger partial charge in [-0.3, -0.25) is 4.79 Å². The van der Waals surface area contributed by atoms with Crippen LogP contribution in [-0.2, 0) is 6.54 Å². The number of halogens is 2. The van der Waals surface area contributed by atoms with E-state index in [2.05, 4.69) is 29.1 Å². The van der Waals surface area contributed by atoms with Gasteiger partial charge in [-0.05, 0) is 30.7 Å². The molecule has 2 rings (SSSR count). The zero-order valence-corrected chi connectivity index (χ0v) is 11.9. The number of rotatable bonds is 5. The van der Waals surface area contributed by atoms with Gasteiger partial charge in [0.2, 0.25) is 0 Å². The van der Waals surface area contributed by atoms with E-state index in [1.165, 1.54) is 12.1 Å². The van der Waals surface area contributed by atoms with Gasteiger partial charge >= 0.3 is 0 Å². The number of hydrogen-bond donors (Lipinski definition) is 2.